The molecular weight excluding hydrogens is 228 g/mol. The molecule has 1 unspecified atom stereocenters. The predicted octanol–water partition coefficient (Wildman–Crippen LogP) is 2.40. The first-order valence-electron chi connectivity index (χ1n) is 6.96. The third-order valence-corrected chi connectivity index (χ3v) is 3.97. The van der Waals surface area contributed by atoms with Crippen LogP contribution < -0.4 is 0 Å². The first-order chi connectivity index (χ1) is 8.12. The van der Waals surface area contributed by atoms with E-state index < -0.39 is 17.3 Å². The molecule has 3 atom stereocenters. The van der Waals surface area contributed by atoms with Gasteiger partial charge in [-0.1, -0.05) is 13.0 Å². The standard InChI is InChI=1S/C15H28O3/c1-11-6-7-12(10-13(11)16)15(4,18)9-5-8-14(2,3)17/h10-11,13,16-18H,5-9H2,1-4H3/t11?,13-,15-/m0/s1. The Kier molecular flexibility index (Phi) is 4.98. The number of aliphatic hydroxyl groups is 3. The van der Waals surface area contributed by atoms with Crippen molar-refractivity contribution in [1.82, 2.24) is 0 Å². The maximum atomic E-state index is 10.5. The molecule has 1 aliphatic carbocycles. The van der Waals surface area contributed by atoms with E-state index in [1.165, 1.54) is 0 Å². The van der Waals surface area contributed by atoms with Gasteiger partial charge in [-0.05, 0) is 64.4 Å². The monoisotopic (exact) mass is 256 g/mol. The summed E-state index contributed by atoms with van der Waals surface area (Å²) in [4.78, 5) is 0. The lowest BCUT2D eigenvalue weighted by atomic mass is 9.79. The molecule has 0 fully saturated rings. The fraction of sp³-hybridized carbons (Fsp3) is 0.867. The Balaban J connectivity index is 2.56. The van der Waals surface area contributed by atoms with Gasteiger partial charge in [0.05, 0.1) is 17.3 Å². The topological polar surface area (TPSA) is 60.7 Å². The van der Waals surface area contributed by atoms with Gasteiger partial charge in [-0.2, -0.15) is 0 Å². The first-order valence-corrected chi connectivity index (χ1v) is 6.96. The molecule has 0 saturated carbocycles. The summed E-state index contributed by atoms with van der Waals surface area (Å²) in [6, 6.07) is 0. The van der Waals surface area contributed by atoms with Gasteiger partial charge in [0.2, 0.25) is 0 Å². The lowest BCUT2D eigenvalue weighted by molar-refractivity contribution is 0.0432. The molecule has 0 aromatic heterocycles. The van der Waals surface area contributed by atoms with Gasteiger partial charge >= 0.3 is 0 Å². The summed E-state index contributed by atoms with van der Waals surface area (Å²) in [5, 5.41) is 30.0. The van der Waals surface area contributed by atoms with Crippen LogP contribution in [0.1, 0.15) is 59.8 Å². The van der Waals surface area contributed by atoms with E-state index in [1.807, 2.05) is 19.9 Å². The zero-order valence-corrected chi connectivity index (χ0v) is 12.1. The number of hydrogen-bond donors (Lipinski definition) is 3. The van der Waals surface area contributed by atoms with E-state index in [-0.39, 0.29) is 5.92 Å². The summed E-state index contributed by atoms with van der Waals surface area (Å²) in [6.07, 6.45) is 5.24. The minimum atomic E-state index is -0.855. The second-order valence-corrected chi connectivity index (χ2v) is 6.64. The summed E-state index contributed by atoms with van der Waals surface area (Å²) in [6.45, 7) is 7.41. The van der Waals surface area contributed by atoms with Crippen LogP contribution in [0.3, 0.4) is 0 Å². The molecule has 0 amide bonds. The number of hydrogen-bond acceptors (Lipinski definition) is 3. The Morgan fingerprint density at radius 2 is 1.83 bits per heavy atom. The van der Waals surface area contributed by atoms with Gasteiger partial charge in [-0.3, -0.25) is 0 Å². The van der Waals surface area contributed by atoms with Crippen LogP contribution >= 0.6 is 0 Å². The van der Waals surface area contributed by atoms with Crippen LogP contribution in [0.4, 0.5) is 0 Å². The molecule has 0 aromatic carbocycles. The summed E-state index contributed by atoms with van der Waals surface area (Å²) in [5.74, 6) is 0.279. The zero-order valence-electron chi connectivity index (χ0n) is 12.1. The van der Waals surface area contributed by atoms with Crippen LogP contribution in [0.25, 0.3) is 0 Å². The van der Waals surface area contributed by atoms with E-state index in [2.05, 4.69) is 0 Å². The van der Waals surface area contributed by atoms with Crippen molar-refractivity contribution >= 4 is 0 Å². The van der Waals surface area contributed by atoms with Crippen molar-refractivity contribution in [2.24, 2.45) is 5.92 Å². The molecule has 0 aliphatic heterocycles. The van der Waals surface area contributed by atoms with Crippen molar-refractivity contribution in [3.8, 4) is 0 Å². The molecule has 3 N–H and O–H groups in total. The second-order valence-electron chi connectivity index (χ2n) is 6.64. The number of aliphatic hydroxyl groups excluding tert-OH is 1. The minimum Gasteiger partial charge on any atom is -0.390 e. The Labute approximate surface area is 111 Å². The summed E-state index contributed by atoms with van der Waals surface area (Å²) < 4.78 is 0. The molecule has 1 aliphatic rings. The van der Waals surface area contributed by atoms with Gasteiger partial charge in [-0.15, -0.1) is 0 Å². The lowest BCUT2D eigenvalue weighted by Crippen LogP contribution is -2.33. The highest BCUT2D eigenvalue weighted by Crippen LogP contribution is 2.33. The predicted molar refractivity (Wildman–Crippen MR) is 73.3 cm³/mol. The van der Waals surface area contributed by atoms with Crippen LogP contribution in [0, 0.1) is 5.92 Å². The Bertz CT molecular complexity index is 299. The van der Waals surface area contributed by atoms with Gasteiger partial charge in [0.1, 0.15) is 0 Å². The third kappa shape index (κ3) is 4.71. The number of rotatable bonds is 5. The van der Waals surface area contributed by atoms with Gasteiger partial charge < -0.3 is 15.3 Å². The molecule has 18 heavy (non-hydrogen) atoms. The lowest BCUT2D eigenvalue weighted by Gasteiger charge is -2.33. The minimum absolute atomic E-state index is 0.279. The highest BCUT2D eigenvalue weighted by Gasteiger charge is 2.30. The molecule has 3 heteroatoms. The van der Waals surface area contributed by atoms with Crippen molar-refractivity contribution in [3.63, 3.8) is 0 Å². The van der Waals surface area contributed by atoms with Gasteiger partial charge in [0.15, 0.2) is 0 Å². The average molecular weight is 256 g/mol. The normalized spacial score (nSPS) is 28.7. The van der Waals surface area contributed by atoms with Crippen molar-refractivity contribution in [2.45, 2.75) is 77.1 Å². The van der Waals surface area contributed by atoms with E-state index >= 15 is 0 Å². The van der Waals surface area contributed by atoms with Crippen molar-refractivity contribution < 1.29 is 15.3 Å². The SMILES string of the molecule is CC1CCC([C@@](C)(O)CCCC(C)(C)O)=C[C@@H]1O. The molecule has 1 rings (SSSR count). The van der Waals surface area contributed by atoms with Crippen LogP contribution in [-0.4, -0.2) is 32.6 Å². The molecule has 0 saturated heterocycles. The molecule has 3 nitrogen and oxygen atoms in total. The maximum Gasteiger partial charge on any atom is 0.0829 e. The Morgan fingerprint density at radius 3 is 2.33 bits per heavy atom. The van der Waals surface area contributed by atoms with Crippen LogP contribution in [-0.2, 0) is 0 Å². The van der Waals surface area contributed by atoms with E-state index in [1.54, 1.807) is 13.8 Å². The van der Waals surface area contributed by atoms with Gasteiger partial charge in [0.25, 0.3) is 0 Å². The molecule has 0 bridgehead atoms. The second kappa shape index (κ2) is 5.72. The highest BCUT2D eigenvalue weighted by molar-refractivity contribution is 5.20. The van der Waals surface area contributed by atoms with Gasteiger partial charge in [0, 0.05) is 0 Å². The van der Waals surface area contributed by atoms with E-state index in [9.17, 15) is 15.3 Å². The largest absolute Gasteiger partial charge is 0.390 e. The molecule has 106 valence electrons. The molecule has 0 heterocycles. The van der Waals surface area contributed by atoms with E-state index in [4.69, 9.17) is 0 Å². The van der Waals surface area contributed by atoms with Crippen molar-refractivity contribution in [2.75, 3.05) is 0 Å². The quantitative estimate of drug-likeness (QED) is 0.662. The smallest absolute Gasteiger partial charge is 0.0829 e. The third-order valence-electron chi connectivity index (χ3n) is 3.97. The summed E-state index contributed by atoms with van der Waals surface area (Å²) in [7, 11) is 0. The zero-order chi connectivity index (χ0) is 14.0. The molecular formula is C15H28O3. The van der Waals surface area contributed by atoms with Crippen LogP contribution in [0.2, 0.25) is 0 Å². The van der Waals surface area contributed by atoms with E-state index in [0.29, 0.717) is 12.8 Å². The molecule has 0 aromatic rings. The Hall–Kier alpha value is -0.380. The maximum absolute atomic E-state index is 10.5. The molecule has 0 radical (unpaired) electrons. The van der Waals surface area contributed by atoms with Gasteiger partial charge in [-0.25, -0.2) is 0 Å². The summed E-state index contributed by atoms with van der Waals surface area (Å²) in [5.41, 5.74) is -0.582. The fourth-order valence-corrected chi connectivity index (χ4v) is 2.48. The first kappa shape index (κ1) is 15.7. The van der Waals surface area contributed by atoms with Crippen LogP contribution in [0.15, 0.2) is 11.6 Å². The molecule has 0 spiro atoms. The van der Waals surface area contributed by atoms with E-state index in [0.717, 1.165) is 24.8 Å². The highest BCUT2D eigenvalue weighted by atomic mass is 16.3. The Morgan fingerprint density at radius 1 is 1.22 bits per heavy atom. The van der Waals surface area contributed by atoms with Crippen molar-refractivity contribution in [3.05, 3.63) is 11.6 Å². The fourth-order valence-electron chi connectivity index (χ4n) is 2.48. The summed E-state index contributed by atoms with van der Waals surface area (Å²) >= 11 is 0. The van der Waals surface area contributed by atoms with Crippen LogP contribution in [0.5, 0.6) is 0 Å². The van der Waals surface area contributed by atoms with Crippen molar-refractivity contribution in [1.29, 1.82) is 0 Å². The average Bonchev–Trinajstić information content (AvgIpc) is 2.19.